The third-order valence-electron chi connectivity index (χ3n) is 2.82. The number of hydrogen-bond acceptors (Lipinski definition) is 0. The number of nitrogens with zero attached hydrogens (tertiary/aromatic N) is 1. The van der Waals surface area contributed by atoms with Gasteiger partial charge in [0.2, 0.25) is 0 Å². The Kier molecular flexibility index (Phi) is 3.29. The average molecular weight is 223 g/mol. The van der Waals surface area contributed by atoms with Crippen LogP contribution in [0.5, 0.6) is 0 Å². The lowest BCUT2D eigenvalue weighted by Crippen LogP contribution is -1.84. The fourth-order valence-corrected chi connectivity index (χ4v) is 2.12. The maximum Gasteiger partial charge on any atom is 0.0488 e. The second-order valence-electron chi connectivity index (χ2n) is 4.00. The van der Waals surface area contributed by atoms with Crippen LogP contribution >= 0.6 is 0 Å². The Morgan fingerprint density at radius 2 is 1.24 bits per heavy atom. The Balaban J connectivity index is 0.000000329. The van der Waals surface area contributed by atoms with E-state index in [1.807, 2.05) is 6.92 Å². The van der Waals surface area contributed by atoms with Gasteiger partial charge in [-0.05, 0) is 19.1 Å². The van der Waals surface area contributed by atoms with Crippen LogP contribution in [0.1, 0.15) is 6.92 Å². The highest BCUT2D eigenvalue weighted by atomic mass is 14.9. The summed E-state index contributed by atoms with van der Waals surface area (Å²) in [6, 6.07) is 17.0. The summed E-state index contributed by atoms with van der Waals surface area (Å²) >= 11 is 0. The first kappa shape index (κ1) is 11.5. The lowest BCUT2D eigenvalue weighted by Gasteiger charge is -1.95. The first-order chi connectivity index (χ1) is 8.29. The molecule has 0 amide bonds. The van der Waals surface area contributed by atoms with Gasteiger partial charge in [0.05, 0.1) is 0 Å². The standard InChI is InChI=1S/C13H11N.C3H6/c1-14-12-8-4-2-6-10(12)11-7-3-5-9-13(11)14;1-3-2/h2-9H,1H3;3H,1H2,2H3. The molecule has 0 aliphatic rings. The number of aryl methyl sites for hydroxylation is 1. The van der Waals surface area contributed by atoms with Gasteiger partial charge in [-0.3, -0.25) is 0 Å². The van der Waals surface area contributed by atoms with E-state index in [0.29, 0.717) is 0 Å². The fraction of sp³-hybridized carbons (Fsp3) is 0.125. The minimum Gasteiger partial charge on any atom is -0.344 e. The van der Waals surface area contributed by atoms with Gasteiger partial charge in [-0.25, -0.2) is 0 Å². The van der Waals surface area contributed by atoms with Gasteiger partial charge in [-0.1, -0.05) is 42.5 Å². The van der Waals surface area contributed by atoms with Gasteiger partial charge in [-0.2, -0.15) is 0 Å². The molecular weight excluding hydrogens is 206 g/mol. The first-order valence-electron chi connectivity index (χ1n) is 5.78. The van der Waals surface area contributed by atoms with E-state index in [4.69, 9.17) is 0 Å². The Bertz CT molecular complexity index is 593. The minimum absolute atomic E-state index is 1.30. The summed E-state index contributed by atoms with van der Waals surface area (Å²) in [5.74, 6) is 0. The topological polar surface area (TPSA) is 4.93 Å². The van der Waals surface area contributed by atoms with Gasteiger partial charge in [0, 0.05) is 28.9 Å². The molecule has 3 rings (SSSR count). The summed E-state index contributed by atoms with van der Waals surface area (Å²) in [4.78, 5) is 0. The van der Waals surface area contributed by atoms with Crippen molar-refractivity contribution < 1.29 is 0 Å². The van der Waals surface area contributed by atoms with Crippen molar-refractivity contribution in [3.63, 3.8) is 0 Å². The zero-order valence-electron chi connectivity index (χ0n) is 10.4. The van der Waals surface area contributed by atoms with Crippen molar-refractivity contribution in [2.75, 3.05) is 0 Å². The molecule has 0 N–H and O–H groups in total. The third-order valence-corrected chi connectivity index (χ3v) is 2.82. The molecular formula is C16H17N. The molecule has 0 fully saturated rings. The molecule has 0 unspecified atom stereocenters. The maximum absolute atomic E-state index is 3.36. The number of hydrogen-bond donors (Lipinski definition) is 0. The Labute approximate surface area is 102 Å². The largest absolute Gasteiger partial charge is 0.344 e. The van der Waals surface area contributed by atoms with E-state index in [9.17, 15) is 0 Å². The molecule has 17 heavy (non-hydrogen) atoms. The number of aromatic nitrogens is 1. The van der Waals surface area contributed by atoms with Crippen molar-refractivity contribution >= 4 is 21.8 Å². The minimum atomic E-state index is 1.30. The van der Waals surface area contributed by atoms with Crippen molar-refractivity contribution in [1.82, 2.24) is 4.57 Å². The van der Waals surface area contributed by atoms with Gasteiger partial charge in [0.15, 0.2) is 0 Å². The van der Waals surface area contributed by atoms with Gasteiger partial charge in [-0.15, -0.1) is 6.58 Å². The normalized spacial score (nSPS) is 10.0. The van der Waals surface area contributed by atoms with Crippen LogP contribution in [0, 0.1) is 0 Å². The van der Waals surface area contributed by atoms with Crippen LogP contribution in [0.3, 0.4) is 0 Å². The van der Waals surface area contributed by atoms with Gasteiger partial charge >= 0.3 is 0 Å². The summed E-state index contributed by atoms with van der Waals surface area (Å²) < 4.78 is 2.24. The van der Waals surface area contributed by atoms with Crippen molar-refractivity contribution in [3.8, 4) is 0 Å². The summed E-state index contributed by atoms with van der Waals surface area (Å²) in [5, 5.41) is 2.68. The van der Waals surface area contributed by atoms with Crippen LogP contribution in [0.15, 0.2) is 61.2 Å². The highest BCUT2D eigenvalue weighted by molar-refractivity contribution is 6.07. The fourth-order valence-electron chi connectivity index (χ4n) is 2.12. The molecule has 0 saturated heterocycles. The smallest absolute Gasteiger partial charge is 0.0488 e. The molecule has 0 aliphatic heterocycles. The number of fused-ring (bicyclic) bond motifs is 3. The molecule has 0 spiro atoms. The van der Waals surface area contributed by atoms with Crippen LogP contribution in [0.4, 0.5) is 0 Å². The average Bonchev–Trinajstić information content (AvgIpc) is 2.66. The van der Waals surface area contributed by atoms with E-state index >= 15 is 0 Å². The van der Waals surface area contributed by atoms with Crippen molar-refractivity contribution in [2.24, 2.45) is 7.05 Å². The van der Waals surface area contributed by atoms with E-state index < -0.39 is 0 Å². The quantitative estimate of drug-likeness (QED) is 0.494. The Morgan fingerprint density at radius 1 is 0.882 bits per heavy atom. The van der Waals surface area contributed by atoms with E-state index in [1.54, 1.807) is 6.08 Å². The van der Waals surface area contributed by atoms with E-state index in [2.05, 4.69) is 66.7 Å². The molecule has 86 valence electrons. The first-order valence-corrected chi connectivity index (χ1v) is 5.78. The number of benzene rings is 2. The summed E-state index contributed by atoms with van der Waals surface area (Å²) in [6.07, 6.45) is 1.75. The maximum atomic E-state index is 3.36. The highest BCUT2D eigenvalue weighted by Gasteiger charge is 2.04. The van der Waals surface area contributed by atoms with E-state index in [1.165, 1.54) is 21.8 Å². The summed E-state index contributed by atoms with van der Waals surface area (Å²) in [7, 11) is 2.12. The number of rotatable bonds is 0. The molecule has 0 atom stereocenters. The van der Waals surface area contributed by atoms with Crippen molar-refractivity contribution in [2.45, 2.75) is 6.92 Å². The lowest BCUT2D eigenvalue weighted by atomic mass is 10.2. The highest BCUT2D eigenvalue weighted by Crippen LogP contribution is 2.26. The van der Waals surface area contributed by atoms with Crippen LogP contribution < -0.4 is 0 Å². The van der Waals surface area contributed by atoms with Gasteiger partial charge in [0.25, 0.3) is 0 Å². The van der Waals surface area contributed by atoms with Crippen molar-refractivity contribution in [3.05, 3.63) is 61.2 Å². The number of allylic oxidation sites excluding steroid dienone is 1. The van der Waals surface area contributed by atoms with Crippen LogP contribution in [0.2, 0.25) is 0 Å². The van der Waals surface area contributed by atoms with Gasteiger partial charge < -0.3 is 4.57 Å². The van der Waals surface area contributed by atoms with E-state index in [-0.39, 0.29) is 0 Å². The molecule has 0 radical (unpaired) electrons. The predicted octanol–water partition coefficient (Wildman–Crippen LogP) is 4.52. The Hall–Kier alpha value is -2.02. The molecule has 1 nitrogen and oxygen atoms in total. The Morgan fingerprint density at radius 3 is 1.65 bits per heavy atom. The van der Waals surface area contributed by atoms with Crippen LogP contribution in [-0.2, 0) is 7.05 Å². The molecule has 1 aromatic heterocycles. The monoisotopic (exact) mass is 223 g/mol. The number of para-hydroxylation sites is 2. The SMILES string of the molecule is C=CC.Cn1c2ccccc2c2ccccc21. The predicted molar refractivity (Wildman–Crippen MR) is 76.3 cm³/mol. The van der Waals surface area contributed by atoms with Crippen LogP contribution in [0.25, 0.3) is 21.8 Å². The molecule has 3 aromatic rings. The van der Waals surface area contributed by atoms with Crippen molar-refractivity contribution in [1.29, 1.82) is 0 Å². The zero-order chi connectivity index (χ0) is 12.3. The summed E-state index contributed by atoms with van der Waals surface area (Å²) in [5.41, 5.74) is 2.60. The second-order valence-corrected chi connectivity index (χ2v) is 4.00. The lowest BCUT2D eigenvalue weighted by molar-refractivity contribution is 1.01. The molecule has 0 aliphatic carbocycles. The van der Waals surface area contributed by atoms with Crippen LogP contribution in [-0.4, -0.2) is 4.57 Å². The summed E-state index contributed by atoms with van der Waals surface area (Å²) in [6.45, 7) is 5.25. The molecule has 1 heterocycles. The molecule has 0 bridgehead atoms. The molecule has 0 saturated carbocycles. The second kappa shape index (κ2) is 4.88. The molecule has 2 aromatic carbocycles. The third kappa shape index (κ3) is 1.96. The molecule has 1 heteroatoms. The zero-order valence-corrected chi connectivity index (χ0v) is 10.4. The van der Waals surface area contributed by atoms with E-state index in [0.717, 1.165) is 0 Å². The van der Waals surface area contributed by atoms with Gasteiger partial charge in [0.1, 0.15) is 0 Å².